The SMILES string of the molecule is CN=C(NCCCOC(C)c1ccccc1)NCCC1CCN(CC(F)(F)F)CC1. The Morgan fingerprint density at radius 3 is 2.47 bits per heavy atom. The molecule has 1 fully saturated rings. The van der Waals surface area contributed by atoms with Gasteiger partial charge in [0.2, 0.25) is 0 Å². The summed E-state index contributed by atoms with van der Waals surface area (Å²) in [5.41, 5.74) is 1.17. The Morgan fingerprint density at radius 1 is 1.17 bits per heavy atom. The highest BCUT2D eigenvalue weighted by Gasteiger charge is 2.32. The predicted octanol–water partition coefficient (Wildman–Crippen LogP) is 3.98. The molecule has 1 aromatic carbocycles. The second-order valence-electron chi connectivity index (χ2n) is 7.83. The molecule has 1 saturated heterocycles. The van der Waals surface area contributed by atoms with E-state index in [4.69, 9.17) is 4.74 Å². The van der Waals surface area contributed by atoms with Crippen molar-refractivity contribution < 1.29 is 17.9 Å². The zero-order chi connectivity index (χ0) is 21.8. The van der Waals surface area contributed by atoms with Crippen LogP contribution < -0.4 is 10.6 Å². The van der Waals surface area contributed by atoms with Gasteiger partial charge in [0.05, 0.1) is 12.6 Å². The fourth-order valence-corrected chi connectivity index (χ4v) is 3.66. The Bertz CT molecular complexity index is 617. The van der Waals surface area contributed by atoms with Crippen LogP contribution in [0.5, 0.6) is 0 Å². The van der Waals surface area contributed by atoms with Gasteiger partial charge < -0.3 is 15.4 Å². The highest BCUT2D eigenvalue weighted by Crippen LogP contribution is 2.24. The van der Waals surface area contributed by atoms with Gasteiger partial charge in [0.1, 0.15) is 0 Å². The first-order valence-electron chi connectivity index (χ1n) is 10.8. The summed E-state index contributed by atoms with van der Waals surface area (Å²) >= 11 is 0. The second-order valence-corrected chi connectivity index (χ2v) is 7.83. The van der Waals surface area contributed by atoms with Crippen molar-refractivity contribution in [1.29, 1.82) is 0 Å². The van der Waals surface area contributed by atoms with E-state index in [0.29, 0.717) is 25.6 Å². The lowest BCUT2D eigenvalue weighted by atomic mass is 9.93. The maximum absolute atomic E-state index is 12.5. The van der Waals surface area contributed by atoms with Gasteiger partial charge in [0.25, 0.3) is 0 Å². The number of likely N-dealkylation sites (tertiary alicyclic amines) is 1. The molecule has 5 nitrogen and oxygen atoms in total. The molecule has 1 aromatic rings. The summed E-state index contributed by atoms with van der Waals surface area (Å²) in [7, 11) is 1.74. The van der Waals surface area contributed by atoms with Crippen LogP contribution >= 0.6 is 0 Å². The predicted molar refractivity (Wildman–Crippen MR) is 115 cm³/mol. The van der Waals surface area contributed by atoms with Crippen molar-refractivity contribution in [1.82, 2.24) is 15.5 Å². The summed E-state index contributed by atoms with van der Waals surface area (Å²) in [6, 6.07) is 10.1. The molecule has 0 bridgehead atoms. The van der Waals surface area contributed by atoms with Gasteiger partial charge in [0, 0.05) is 26.7 Å². The van der Waals surface area contributed by atoms with Crippen LogP contribution in [0.15, 0.2) is 35.3 Å². The Kier molecular flexibility index (Phi) is 10.4. The zero-order valence-corrected chi connectivity index (χ0v) is 18.0. The molecule has 0 amide bonds. The molecule has 1 aliphatic heterocycles. The number of nitrogens with zero attached hydrogens (tertiary/aromatic N) is 2. The molecule has 1 aliphatic rings. The Balaban J connectivity index is 1.52. The average molecular weight is 429 g/mol. The van der Waals surface area contributed by atoms with Gasteiger partial charge in [-0.2, -0.15) is 13.2 Å². The molecule has 170 valence electrons. The molecule has 1 atom stereocenters. The van der Waals surface area contributed by atoms with Crippen molar-refractivity contribution in [3.05, 3.63) is 35.9 Å². The van der Waals surface area contributed by atoms with E-state index in [9.17, 15) is 13.2 Å². The van der Waals surface area contributed by atoms with Crippen molar-refractivity contribution in [3.63, 3.8) is 0 Å². The molecule has 0 aromatic heterocycles. The highest BCUT2D eigenvalue weighted by atomic mass is 19.4. The minimum atomic E-state index is -4.10. The molecule has 0 aliphatic carbocycles. The third kappa shape index (κ3) is 9.80. The molecule has 30 heavy (non-hydrogen) atoms. The van der Waals surface area contributed by atoms with Crippen LogP contribution in [0.3, 0.4) is 0 Å². The van der Waals surface area contributed by atoms with Crippen molar-refractivity contribution in [2.24, 2.45) is 10.9 Å². The van der Waals surface area contributed by atoms with Crippen LogP contribution in [0.1, 0.15) is 44.3 Å². The van der Waals surface area contributed by atoms with Crippen LogP contribution in [0, 0.1) is 5.92 Å². The summed E-state index contributed by atoms with van der Waals surface area (Å²) in [6.07, 6.45) is -0.571. The summed E-state index contributed by atoms with van der Waals surface area (Å²) < 4.78 is 43.2. The van der Waals surface area contributed by atoms with Gasteiger partial charge in [-0.15, -0.1) is 0 Å². The standard InChI is InChI=1S/C22H35F3N4O/c1-18(20-7-4-3-5-8-20)30-16-6-12-27-21(26-2)28-13-9-19-10-14-29(15-11-19)17-22(23,24)25/h3-5,7-8,18-19H,6,9-17H2,1-2H3,(H2,26,27,28). The zero-order valence-electron chi connectivity index (χ0n) is 18.0. The van der Waals surface area contributed by atoms with Crippen LogP contribution in [-0.2, 0) is 4.74 Å². The third-order valence-corrected chi connectivity index (χ3v) is 5.43. The van der Waals surface area contributed by atoms with E-state index in [0.717, 1.165) is 44.7 Å². The molecule has 2 N–H and O–H groups in total. The van der Waals surface area contributed by atoms with Crippen molar-refractivity contribution in [3.8, 4) is 0 Å². The van der Waals surface area contributed by atoms with Crippen LogP contribution in [0.25, 0.3) is 0 Å². The van der Waals surface area contributed by atoms with Crippen molar-refractivity contribution in [2.75, 3.05) is 46.4 Å². The van der Waals surface area contributed by atoms with E-state index in [1.165, 1.54) is 10.5 Å². The monoisotopic (exact) mass is 428 g/mol. The molecule has 0 radical (unpaired) electrons. The van der Waals surface area contributed by atoms with E-state index < -0.39 is 12.7 Å². The minimum Gasteiger partial charge on any atom is -0.374 e. The van der Waals surface area contributed by atoms with Crippen LogP contribution in [0.2, 0.25) is 0 Å². The van der Waals surface area contributed by atoms with E-state index in [-0.39, 0.29) is 6.10 Å². The first-order valence-corrected chi connectivity index (χ1v) is 10.8. The van der Waals surface area contributed by atoms with Crippen LogP contribution in [-0.4, -0.2) is 63.4 Å². The Labute approximate surface area is 178 Å². The molecule has 8 heteroatoms. The van der Waals surface area contributed by atoms with E-state index in [1.807, 2.05) is 18.2 Å². The second kappa shape index (κ2) is 12.8. The normalized spacial score (nSPS) is 17.7. The molecule has 1 unspecified atom stereocenters. The molecule has 2 rings (SSSR count). The Hall–Kier alpha value is -1.80. The third-order valence-electron chi connectivity index (χ3n) is 5.43. The summed E-state index contributed by atoms with van der Waals surface area (Å²) in [4.78, 5) is 5.73. The van der Waals surface area contributed by atoms with E-state index in [2.05, 4.69) is 34.7 Å². The Morgan fingerprint density at radius 2 is 1.83 bits per heavy atom. The molecular formula is C22H35F3N4O. The topological polar surface area (TPSA) is 48.9 Å². The van der Waals surface area contributed by atoms with Gasteiger partial charge in [-0.05, 0) is 57.2 Å². The number of nitrogens with one attached hydrogen (secondary N) is 2. The maximum Gasteiger partial charge on any atom is 0.401 e. The number of hydrogen-bond donors (Lipinski definition) is 2. The van der Waals surface area contributed by atoms with Gasteiger partial charge in [-0.1, -0.05) is 30.3 Å². The lowest BCUT2D eigenvalue weighted by Gasteiger charge is -2.32. The van der Waals surface area contributed by atoms with Crippen LogP contribution in [0.4, 0.5) is 13.2 Å². The van der Waals surface area contributed by atoms with Crippen molar-refractivity contribution >= 4 is 5.96 Å². The summed E-state index contributed by atoms with van der Waals surface area (Å²) in [5, 5.41) is 6.58. The van der Waals surface area contributed by atoms with Gasteiger partial charge in [-0.25, -0.2) is 0 Å². The number of halogens is 3. The molecule has 1 heterocycles. The van der Waals surface area contributed by atoms with E-state index in [1.54, 1.807) is 7.05 Å². The van der Waals surface area contributed by atoms with Crippen molar-refractivity contribution in [2.45, 2.75) is 44.9 Å². The van der Waals surface area contributed by atoms with Gasteiger partial charge in [0.15, 0.2) is 5.96 Å². The number of benzene rings is 1. The number of hydrogen-bond acceptors (Lipinski definition) is 3. The summed E-state index contributed by atoms with van der Waals surface area (Å²) in [6.45, 7) is 4.51. The number of aliphatic imine (C=N–C) groups is 1. The quantitative estimate of drug-likeness (QED) is 0.336. The number of piperidine rings is 1. The van der Waals surface area contributed by atoms with E-state index >= 15 is 0 Å². The number of rotatable bonds is 10. The fraction of sp³-hybridized carbons (Fsp3) is 0.682. The average Bonchev–Trinajstić information content (AvgIpc) is 2.73. The fourth-order valence-electron chi connectivity index (χ4n) is 3.66. The van der Waals surface area contributed by atoms with Gasteiger partial charge in [-0.3, -0.25) is 9.89 Å². The number of alkyl halides is 3. The lowest BCUT2D eigenvalue weighted by Crippen LogP contribution is -2.41. The number of guanidine groups is 1. The first-order chi connectivity index (χ1) is 14.4. The maximum atomic E-state index is 12.5. The first kappa shape index (κ1) is 24.5. The lowest BCUT2D eigenvalue weighted by molar-refractivity contribution is -0.148. The number of ether oxygens (including phenoxy) is 1. The molecule has 0 saturated carbocycles. The minimum absolute atomic E-state index is 0.0752. The molecular weight excluding hydrogens is 393 g/mol. The smallest absolute Gasteiger partial charge is 0.374 e. The highest BCUT2D eigenvalue weighted by molar-refractivity contribution is 5.79. The molecule has 0 spiro atoms. The van der Waals surface area contributed by atoms with Gasteiger partial charge >= 0.3 is 6.18 Å². The largest absolute Gasteiger partial charge is 0.401 e. The summed E-state index contributed by atoms with van der Waals surface area (Å²) in [5.74, 6) is 1.22.